The van der Waals surface area contributed by atoms with Crippen molar-refractivity contribution in [1.29, 1.82) is 0 Å². The van der Waals surface area contributed by atoms with E-state index in [0.29, 0.717) is 17.4 Å². The fourth-order valence-corrected chi connectivity index (χ4v) is 9.92. The van der Waals surface area contributed by atoms with Gasteiger partial charge in [-0.2, -0.15) is 0 Å². The second-order valence-electron chi connectivity index (χ2n) is 25.1. The number of esters is 2. The van der Waals surface area contributed by atoms with E-state index >= 15 is 0 Å². The molecular formula is C80H135NO8. The van der Waals surface area contributed by atoms with Crippen molar-refractivity contribution < 1.29 is 42.9 Å². The van der Waals surface area contributed by atoms with Crippen LogP contribution in [0, 0.1) is 0 Å². The molecule has 0 spiro atoms. The van der Waals surface area contributed by atoms with Crippen LogP contribution < -0.4 is 5.11 Å². The van der Waals surface area contributed by atoms with Crippen LogP contribution in [0.5, 0.6) is 0 Å². The van der Waals surface area contributed by atoms with Gasteiger partial charge in [-0.25, -0.2) is 0 Å². The van der Waals surface area contributed by atoms with E-state index in [1.807, 2.05) is 21.1 Å². The number of hydrogen-bond donors (Lipinski definition) is 0. The van der Waals surface area contributed by atoms with E-state index in [1.165, 1.54) is 154 Å². The molecule has 0 saturated carbocycles. The first kappa shape index (κ1) is 84.4. The highest BCUT2D eigenvalue weighted by atomic mass is 16.7. The van der Waals surface area contributed by atoms with Crippen LogP contribution in [0.15, 0.2) is 134 Å². The minimum absolute atomic E-state index is 0.143. The Hall–Kier alpha value is -4.57. The van der Waals surface area contributed by atoms with Gasteiger partial charge in [0.05, 0.1) is 40.3 Å². The fourth-order valence-electron chi connectivity index (χ4n) is 9.92. The molecule has 0 amide bonds. The molecule has 9 heteroatoms. The standard InChI is InChI=1S/C80H135NO8/c1-6-8-10-12-14-16-18-20-22-24-26-28-30-32-34-36-37-38-39-40-41-43-45-47-49-51-53-55-57-59-61-63-65-67-69-71-78(83)89-76(75-88-80(79(84)85)86-73-72-81(3,4)5)74-87-77(82)70-68-66-64-62-60-58-56-54-52-50-48-46-44-42-35-33-31-29-27-25-23-21-19-17-15-13-11-9-7-2/h8-11,14-17,20-23,26-29,32-35,37-38,76,80H,6-7,12-13,18-19,24-25,30-31,36,39-75H2,1-5H3/b10-8-,11-9-,16-14-,17-15-,22-20-,23-21-,28-26-,29-27-,34-32-,35-33-,38-37-. The van der Waals surface area contributed by atoms with Crippen molar-refractivity contribution in [3.05, 3.63) is 134 Å². The van der Waals surface area contributed by atoms with Gasteiger partial charge in [0, 0.05) is 12.8 Å². The molecule has 0 aliphatic carbocycles. The molecule has 0 heterocycles. The number of quaternary nitrogens is 1. The Morgan fingerprint density at radius 1 is 0.337 bits per heavy atom. The number of ether oxygens (including phenoxy) is 4. The summed E-state index contributed by atoms with van der Waals surface area (Å²) in [6.07, 6.45) is 96.8. The average molecular weight is 1240 g/mol. The molecule has 0 radical (unpaired) electrons. The van der Waals surface area contributed by atoms with Crippen LogP contribution in [0.25, 0.3) is 0 Å². The molecule has 508 valence electrons. The van der Waals surface area contributed by atoms with Crippen molar-refractivity contribution >= 4 is 17.9 Å². The van der Waals surface area contributed by atoms with Crippen molar-refractivity contribution in [3.63, 3.8) is 0 Å². The summed E-state index contributed by atoms with van der Waals surface area (Å²) in [5.41, 5.74) is 0. The van der Waals surface area contributed by atoms with Crippen LogP contribution in [0.1, 0.15) is 296 Å². The molecule has 0 aliphatic heterocycles. The van der Waals surface area contributed by atoms with Crippen molar-refractivity contribution in [2.45, 2.75) is 309 Å². The molecule has 0 rings (SSSR count). The Kier molecular flexibility index (Phi) is 65.8. The topological polar surface area (TPSA) is 111 Å². The van der Waals surface area contributed by atoms with E-state index < -0.39 is 24.3 Å². The SMILES string of the molecule is CC/C=C\C/C=C\C/C=C\C/C=C\C/C=C\C/C=C\CCCCCCCCCCCCCCCCCCC(=O)OC(COC(=O)CCCCCCCCCCCCCCC/C=C\C/C=C\C/C=C\C/C=C\C/C=C\CC)COC(OCC[N+](C)(C)C)C(=O)[O-]. The van der Waals surface area contributed by atoms with E-state index in [1.54, 1.807) is 0 Å². The molecular weight excluding hydrogens is 1100 g/mol. The van der Waals surface area contributed by atoms with Crippen LogP contribution in [-0.4, -0.2) is 82.3 Å². The number of carboxylic acid groups (broad SMARTS) is 1. The Bertz CT molecular complexity index is 1930. The number of carboxylic acids is 1. The first-order valence-corrected chi connectivity index (χ1v) is 36.3. The van der Waals surface area contributed by atoms with E-state index in [0.717, 1.165) is 109 Å². The summed E-state index contributed by atoms with van der Waals surface area (Å²) in [6, 6.07) is 0. The summed E-state index contributed by atoms with van der Waals surface area (Å²) in [5.74, 6) is -2.28. The van der Waals surface area contributed by atoms with Gasteiger partial charge >= 0.3 is 11.9 Å². The molecule has 0 fully saturated rings. The molecule has 89 heavy (non-hydrogen) atoms. The normalized spacial score (nSPS) is 13.5. The summed E-state index contributed by atoms with van der Waals surface area (Å²) in [7, 11) is 5.93. The molecule has 0 aromatic carbocycles. The van der Waals surface area contributed by atoms with E-state index in [2.05, 4.69) is 148 Å². The van der Waals surface area contributed by atoms with Crippen LogP contribution in [0.2, 0.25) is 0 Å². The molecule has 0 aromatic rings. The lowest BCUT2D eigenvalue weighted by Gasteiger charge is -2.26. The van der Waals surface area contributed by atoms with Crippen molar-refractivity contribution in [1.82, 2.24) is 0 Å². The Labute approximate surface area is 548 Å². The maximum atomic E-state index is 13.0. The van der Waals surface area contributed by atoms with Crippen LogP contribution >= 0.6 is 0 Å². The number of likely N-dealkylation sites (N-methyl/N-ethyl adjacent to an activating group) is 1. The third kappa shape index (κ3) is 70.7. The highest BCUT2D eigenvalue weighted by molar-refractivity contribution is 5.70. The maximum Gasteiger partial charge on any atom is 0.306 e. The van der Waals surface area contributed by atoms with Crippen LogP contribution in [-0.2, 0) is 33.3 Å². The number of hydrogen-bond acceptors (Lipinski definition) is 8. The summed E-state index contributed by atoms with van der Waals surface area (Å²) >= 11 is 0. The molecule has 9 nitrogen and oxygen atoms in total. The predicted molar refractivity (Wildman–Crippen MR) is 379 cm³/mol. The Morgan fingerprint density at radius 2 is 0.607 bits per heavy atom. The molecule has 0 aliphatic rings. The molecule has 2 atom stereocenters. The minimum atomic E-state index is -1.63. The second-order valence-corrected chi connectivity index (χ2v) is 25.1. The Balaban J connectivity index is 4.10. The lowest BCUT2D eigenvalue weighted by Crippen LogP contribution is -2.44. The predicted octanol–water partition coefficient (Wildman–Crippen LogP) is 21.6. The lowest BCUT2D eigenvalue weighted by atomic mass is 10.0. The maximum absolute atomic E-state index is 13.0. The summed E-state index contributed by atoms with van der Waals surface area (Å²) in [6.45, 7) is 4.54. The fraction of sp³-hybridized carbons (Fsp3) is 0.688. The average Bonchev–Trinajstić information content (AvgIpc) is 3.64. The van der Waals surface area contributed by atoms with Crippen molar-refractivity contribution in [2.75, 3.05) is 47.5 Å². The van der Waals surface area contributed by atoms with Gasteiger partial charge in [-0.1, -0.05) is 308 Å². The van der Waals surface area contributed by atoms with Crippen molar-refractivity contribution in [3.8, 4) is 0 Å². The number of unbranched alkanes of at least 4 members (excludes halogenated alkanes) is 29. The number of aliphatic carboxylic acids is 1. The molecule has 0 N–H and O–H groups in total. The third-order valence-electron chi connectivity index (χ3n) is 15.4. The monoisotopic (exact) mass is 1240 g/mol. The zero-order valence-corrected chi connectivity index (χ0v) is 58.0. The first-order valence-electron chi connectivity index (χ1n) is 36.3. The van der Waals surface area contributed by atoms with Gasteiger partial charge < -0.3 is 33.3 Å². The number of nitrogens with zero attached hydrogens (tertiary/aromatic N) is 1. The largest absolute Gasteiger partial charge is 0.545 e. The highest BCUT2D eigenvalue weighted by Crippen LogP contribution is 2.17. The third-order valence-corrected chi connectivity index (χ3v) is 15.4. The van der Waals surface area contributed by atoms with Crippen LogP contribution in [0.3, 0.4) is 0 Å². The van der Waals surface area contributed by atoms with Gasteiger partial charge in [0.25, 0.3) is 0 Å². The van der Waals surface area contributed by atoms with Gasteiger partial charge in [0.15, 0.2) is 12.4 Å². The zero-order valence-electron chi connectivity index (χ0n) is 58.0. The summed E-state index contributed by atoms with van der Waals surface area (Å²) in [4.78, 5) is 37.5. The van der Waals surface area contributed by atoms with Gasteiger partial charge in [-0.05, 0) is 109 Å². The zero-order chi connectivity index (χ0) is 64.7. The summed E-state index contributed by atoms with van der Waals surface area (Å²) < 4.78 is 22.8. The van der Waals surface area contributed by atoms with E-state index in [9.17, 15) is 19.5 Å². The van der Waals surface area contributed by atoms with Gasteiger partial charge in [0.2, 0.25) is 0 Å². The van der Waals surface area contributed by atoms with E-state index in [4.69, 9.17) is 18.9 Å². The second kappa shape index (κ2) is 69.3. The number of rotatable bonds is 66. The molecule has 0 bridgehead atoms. The van der Waals surface area contributed by atoms with Gasteiger partial charge in [-0.3, -0.25) is 9.59 Å². The number of carbonyl (C=O) groups is 3. The van der Waals surface area contributed by atoms with E-state index in [-0.39, 0.29) is 38.6 Å². The molecule has 2 unspecified atom stereocenters. The summed E-state index contributed by atoms with van der Waals surface area (Å²) in [5, 5.41) is 11.8. The smallest absolute Gasteiger partial charge is 0.306 e. The number of allylic oxidation sites excluding steroid dienone is 22. The Morgan fingerprint density at radius 3 is 0.899 bits per heavy atom. The quantitative estimate of drug-likeness (QED) is 0.0195. The first-order chi connectivity index (χ1) is 43.6. The van der Waals surface area contributed by atoms with Gasteiger partial charge in [-0.15, -0.1) is 0 Å². The lowest BCUT2D eigenvalue weighted by molar-refractivity contribution is -0.870. The van der Waals surface area contributed by atoms with Gasteiger partial charge in [0.1, 0.15) is 13.2 Å². The minimum Gasteiger partial charge on any atom is -0.545 e. The molecule has 0 aromatic heterocycles. The molecule has 0 saturated heterocycles. The highest BCUT2D eigenvalue weighted by Gasteiger charge is 2.22. The van der Waals surface area contributed by atoms with Crippen LogP contribution in [0.4, 0.5) is 0 Å². The number of carbonyl (C=O) groups excluding carboxylic acids is 3. The van der Waals surface area contributed by atoms with Crippen molar-refractivity contribution in [2.24, 2.45) is 0 Å².